The molecule has 0 radical (unpaired) electrons. The van der Waals surface area contributed by atoms with Crippen molar-refractivity contribution in [2.24, 2.45) is 0 Å². The molecule has 0 fully saturated rings. The van der Waals surface area contributed by atoms with Crippen LogP contribution in [0.3, 0.4) is 0 Å². The summed E-state index contributed by atoms with van der Waals surface area (Å²) in [5, 5.41) is 7.85. The molecule has 0 aliphatic rings. The predicted molar refractivity (Wildman–Crippen MR) is 75.1 cm³/mol. The lowest BCUT2D eigenvalue weighted by Gasteiger charge is -2.14. The number of aromatic nitrogens is 2. The Balaban J connectivity index is 2.07. The van der Waals surface area contributed by atoms with Gasteiger partial charge < -0.3 is 4.74 Å². The van der Waals surface area contributed by atoms with Crippen molar-refractivity contribution in [2.45, 2.75) is 24.0 Å². The van der Waals surface area contributed by atoms with Crippen LogP contribution in [0.15, 0.2) is 35.4 Å². The van der Waals surface area contributed by atoms with E-state index in [1.54, 1.807) is 18.2 Å². The van der Waals surface area contributed by atoms with Crippen LogP contribution in [0, 0.1) is 5.82 Å². The number of ether oxygens (including phenoxy) is 1. The zero-order valence-electron chi connectivity index (χ0n) is 11.0. The van der Waals surface area contributed by atoms with E-state index < -0.39 is 6.10 Å². The fraction of sp³-hybridized carbons (Fsp3) is 0.286. The Morgan fingerprint density at radius 3 is 2.90 bits per heavy atom. The SMILES string of the molecule is CSc1cc(CC(Cc2ccccc2F)OC=O)[nH]n1. The fourth-order valence-electron chi connectivity index (χ4n) is 1.95. The normalized spacial score (nSPS) is 12.1. The number of H-pyrrole nitrogens is 1. The van der Waals surface area contributed by atoms with Crippen LogP contribution >= 0.6 is 11.8 Å². The number of hydrogen-bond donors (Lipinski definition) is 1. The minimum absolute atomic E-state index is 0.290. The summed E-state index contributed by atoms with van der Waals surface area (Å²) >= 11 is 1.52. The molecule has 1 unspecified atom stereocenters. The Morgan fingerprint density at radius 1 is 1.45 bits per heavy atom. The van der Waals surface area contributed by atoms with Gasteiger partial charge >= 0.3 is 0 Å². The first-order valence-electron chi connectivity index (χ1n) is 6.13. The quantitative estimate of drug-likeness (QED) is 0.630. The number of carbonyl (C=O) groups excluding carboxylic acids is 1. The van der Waals surface area contributed by atoms with Gasteiger partial charge in [-0.3, -0.25) is 9.89 Å². The lowest BCUT2D eigenvalue weighted by molar-refractivity contribution is -0.133. The van der Waals surface area contributed by atoms with E-state index >= 15 is 0 Å². The van der Waals surface area contributed by atoms with Gasteiger partial charge in [-0.25, -0.2) is 4.39 Å². The van der Waals surface area contributed by atoms with Crippen molar-refractivity contribution < 1.29 is 13.9 Å². The first-order chi connectivity index (χ1) is 9.72. The van der Waals surface area contributed by atoms with Crippen LogP contribution in [-0.2, 0) is 22.4 Å². The summed E-state index contributed by atoms with van der Waals surface area (Å²) in [5.41, 5.74) is 1.39. The average molecular weight is 294 g/mol. The van der Waals surface area contributed by atoms with Crippen molar-refractivity contribution in [3.05, 3.63) is 47.4 Å². The van der Waals surface area contributed by atoms with Crippen LogP contribution in [0.1, 0.15) is 11.3 Å². The number of thioether (sulfide) groups is 1. The molecule has 2 aromatic rings. The topological polar surface area (TPSA) is 55.0 Å². The van der Waals surface area contributed by atoms with Gasteiger partial charge in [-0.15, -0.1) is 11.8 Å². The van der Waals surface area contributed by atoms with Gasteiger partial charge in [-0.05, 0) is 24.0 Å². The van der Waals surface area contributed by atoms with E-state index in [-0.39, 0.29) is 5.82 Å². The molecule has 1 aromatic heterocycles. The van der Waals surface area contributed by atoms with Crippen LogP contribution in [0.4, 0.5) is 4.39 Å². The highest BCUT2D eigenvalue weighted by atomic mass is 32.2. The van der Waals surface area contributed by atoms with Crippen molar-refractivity contribution in [2.75, 3.05) is 6.26 Å². The van der Waals surface area contributed by atoms with E-state index in [1.165, 1.54) is 17.8 Å². The lowest BCUT2D eigenvalue weighted by atomic mass is 10.0. The van der Waals surface area contributed by atoms with Gasteiger partial charge in [0, 0.05) is 18.5 Å². The summed E-state index contributed by atoms with van der Waals surface area (Å²) < 4.78 is 18.7. The van der Waals surface area contributed by atoms with Crippen LogP contribution in [0.2, 0.25) is 0 Å². The molecule has 1 heterocycles. The number of nitrogens with zero attached hydrogens (tertiary/aromatic N) is 1. The number of benzene rings is 1. The zero-order chi connectivity index (χ0) is 14.4. The minimum atomic E-state index is -0.417. The number of halogens is 1. The van der Waals surface area contributed by atoms with Gasteiger partial charge in [0.1, 0.15) is 16.9 Å². The molecule has 2 rings (SSSR count). The molecule has 4 nitrogen and oxygen atoms in total. The van der Waals surface area contributed by atoms with Crippen LogP contribution in [0.25, 0.3) is 0 Å². The molecule has 0 saturated heterocycles. The summed E-state index contributed by atoms with van der Waals surface area (Å²) in [6.07, 6.45) is 2.32. The van der Waals surface area contributed by atoms with Crippen LogP contribution < -0.4 is 0 Å². The highest BCUT2D eigenvalue weighted by molar-refractivity contribution is 7.98. The Labute approximate surface area is 120 Å². The number of carbonyl (C=O) groups is 1. The monoisotopic (exact) mass is 294 g/mol. The second kappa shape index (κ2) is 7.09. The maximum absolute atomic E-state index is 13.6. The van der Waals surface area contributed by atoms with Gasteiger partial charge in [-0.2, -0.15) is 5.10 Å². The molecule has 1 aromatic carbocycles. The van der Waals surface area contributed by atoms with E-state index in [1.807, 2.05) is 12.3 Å². The van der Waals surface area contributed by atoms with Crippen molar-refractivity contribution in [1.82, 2.24) is 10.2 Å². The molecule has 0 aliphatic carbocycles. The highest BCUT2D eigenvalue weighted by Gasteiger charge is 2.15. The van der Waals surface area contributed by atoms with E-state index in [0.29, 0.717) is 24.9 Å². The summed E-state index contributed by atoms with van der Waals surface area (Å²) in [4.78, 5) is 10.6. The van der Waals surface area contributed by atoms with Crippen LogP contribution in [-0.4, -0.2) is 29.0 Å². The summed E-state index contributed by atoms with van der Waals surface area (Å²) in [7, 11) is 0. The van der Waals surface area contributed by atoms with E-state index in [9.17, 15) is 9.18 Å². The summed E-state index contributed by atoms with van der Waals surface area (Å²) in [6, 6.07) is 8.38. The molecular formula is C14H15FN2O2S. The van der Waals surface area contributed by atoms with Crippen LogP contribution in [0.5, 0.6) is 0 Å². The number of hydrogen-bond acceptors (Lipinski definition) is 4. The summed E-state index contributed by atoms with van der Waals surface area (Å²) in [5.74, 6) is -0.290. The third kappa shape index (κ3) is 3.84. The largest absolute Gasteiger partial charge is 0.464 e. The maximum Gasteiger partial charge on any atom is 0.293 e. The second-order valence-corrected chi connectivity index (χ2v) is 5.12. The standard InChI is InChI=1S/C14H15FN2O2S/c1-20-14-8-11(16-17-14)7-12(19-9-18)6-10-4-2-3-5-13(10)15/h2-5,8-9,12H,6-7H2,1H3,(H,16,17). The average Bonchev–Trinajstić information content (AvgIpc) is 2.89. The van der Waals surface area contributed by atoms with E-state index in [4.69, 9.17) is 4.74 Å². The Morgan fingerprint density at radius 2 is 2.25 bits per heavy atom. The van der Waals surface area contributed by atoms with Crippen molar-refractivity contribution in [1.29, 1.82) is 0 Å². The van der Waals surface area contributed by atoms with E-state index in [0.717, 1.165) is 10.7 Å². The Hall–Kier alpha value is -1.82. The number of aromatic amines is 1. The van der Waals surface area contributed by atoms with Gasteiger partial charge in [0.2, 0.25) is 0 Å². The molecule has 0 saturated carbocycles. The van der Waals surface area contributed by atoms with Gasteiger partial charge in [0.05, 0.1) is 0 Å². The van der Waals surface area contributed by atoms with Gasteiger partial charge in [0.15, 0.2) is 0 Å². The maximum atomic E-state index is 13.6. The highest BCUT2D eigenvalue weighted by Crippen LogP contribution is 2.16. The molecular weight excluding hydrogens is 279 g/mol. The summed E-state index contributed by atoms with van der Waals surface area (Å²) in [6.45, 7) is 0.400. The second-order valence-electron chi connectivity index (χ2n) is 4.29. The fourth-order valence-corrected chi connectivity index (χ4v) is 2.35. The first kappa shape index (κ1) is 14.6. The number of nitrogens with one attached hydrogen (secondary N) is 1. The lowest BCUT2D eigenvalue weighted by Crippen LogP contribution is -2.19. The van der Waals surface area contributed by atoms with E-state index in [2.05, 4.69) is 10.2 Å². The molecule has 0 spiro atoms. The van der Waals surface area contributed by atoms with Crippen molar-refractivity contribution >= 4 is 18.2 Å². The zero-order valence-corrected chi connectivity index (χ0v) is 11.8. The molecule has 0 bridgehead atoms. The van der Waals surface area contributed by atoms with Gasteiger partial charge in [0.25, 0.3) is 6.47 Å². The third-order valence-corrected chi connectivity index (χ3v) is 3.54. The van der Waals surface area contributed by atoms with Crippen molar-refractivity contribution in [3.63, 3.8) is 0 Å². The Bertz CT molecular complexity index is 574. The molecule has 0 amide bonds. The molecule has 6 heteroatoms. The predicted octanol–water partition coefficient (Wildman–Crippen LogP) is 2.60. The third-order valence-electron chi connectivity index (χ3n) is 2.92. The molecule has 0 aliphatic heterocycles. The smallest absolute Gasteiger partial charge is 0.293 e. The molecule has 1 atom stereocenters. The number of rotatable bonds is 7. The molecule has 20 heavy (non-hydrogen) atoms. The first-order valence-corrected chi connectivity index (χ1v) is 7.36. The molecule has 1 N–H and O–H groups in total. The minimum Gasteiger partial charge on any atom is -0.464 e. The van der Waals surface area contributed by atoms with Gasteiger partial charge in [-0.1, -0.05) is 18.2 Å². The Kier molecular flexibility index (Phi) is 5.17. The van der Waals surface area contributed by atoms with Crippen molar-refractivity contribution in [3.8, 4) is 0 Å². The molecule has 106 valence electrons.